The predicted molar refractivity (Wildman–Crippen MR) is 37.3 cm³/mol. The molecule has 5 N–H and O–H groups in total. The summed E-state index contributed by atoms with van der Waals surface area (Å²) in [4.78, 5) is 4.70. The fraction of sp³-hybridized carbons (Fsp3) is 0.833. The third kappa shape index (κ3) is 1.46. The Bertz CT molecular complexity index is 135. The van der Waals surface area contributed by atoms with E-state index in [1.165, 1.54) is 0 Å². The molecule has 4 heteroatoms. The molecule has 1 aliphatic rings. The molecule has 0 aliphatic carbocycles. The summed E-state index contributed by atoms with van der Waals surface area (Å²) < 4.78 is 0. The van der Waals surface area contributed by atoms with Crippen molar-refractivity contribution in [2.24, 2.45) is 11.1 Å². The fourth-order valence-corrected chi connectivity index (χ4v) is 1.25. The molecule has 0 spiro atoms. The van der Waals surface area contributed by atoms with Crippen LogP contribution in [0, 0.1) is 5.92 Å². The quantitative estimate of drug-likeness (QED) is 0.412. The summed E-state index contributed by atoms with van der Waals surface area (Å²) in [6.45, 7) is 3.03. The molecular weight excluding hydrogens is 130 g/mol. The van der Waals surface area contributed by atoms with Crippen LogP contribution in [0.4, 0.5) is 0 Å². The van der Waals surface area contributed by atoms with Gasteiger partial charge < -0.3 is 15.9 Å². The molecule has 1 rings (SSSR count). The van der Waals surface area contributed by atoms with E-state index in [0.717, 1.165) is 25.3 Å². The van der Waals surface area contributed by atoms with Crippen molar-refractivity contribution in [1.29, 1.82) is 0 Å². The Hall–Kier alpha value is -0.610. The van der Waals surface area contributed by atoms with Crippen LogP contribution in [-0.4, -0.2) is 32.5 Å². The number of nitrogens with zero attached hydrogens (tertiary/aromatic N) is 1. The normalized spacial score (nSPS) is 29.4. The summed E-state index contributed by atoms with van der Waals surface area (Å²) in [6.07, 6.45) is 0. The van der Waals surface area contributed by atoms with Gasteiger partial charge in [0.1, 0.15) is 25.3 Å². The van der Waals surface area contributed by atoms with Crippen molar-refractivity contribution < 1.29 is 15.9 Å². The van der Waals surface area contributed by atoms with E-state index in [9.17, 15) is 0 Å². The Kier molecular flexibility index (Phi) is 2.65. The number of oxime groups is 1. The van der Waals surface area contributed by atoms with E-state index in [1.807, 2.05) is 0 Å². The Morgan fingerprint density at radius 2 is 2.70 bits per heavy atom. The first kappa shape index (κ1) is 7.50. The SMILES string of the molecule is CO/N=C1/C[NH2+]CC1C[NH3+]. The van der Waals surface area contributed by atoms with Crippen molar-refractivity contribution in [3.63, 3.8) is 0 Å². The molecule has 0 radical (unpaired) electrons. The first-order chi connectivity index (χ1) is 4.88. The number of hydrogen-bond acceptors (Lipinski definition) is 2. The summed E-state index contributed by atoms with van der Waals surface area (Å²) in [7, 11) is 1.59. The fourth-order valence-electron chi connectivity index (χ4n) is 1.25. The average molecular weight is 145 g/mol. The van der Waals surface area contributed by atoms with Gasteiger partial charge in [0.05, 0.1) is 13.1 Å². The second-order valence-corrected chi connectivity index (χ2v) is 2.48. The van der Waals surface area contributed by atoms with Crippen molar-refractivity contribution in [1.82, 2.24) is 0 Å². The van der Waals surface area contributed by atoms with Crippen LogP contribution < -0.4 is 11.1 Å². The largest absolute Gasteiger partial charge is 0.399 e. The number of hydrogen-bond donors (Lipinski definition) is 2. The highest BCUT2D eigenvalue weighted by Gasteiger charge is 2.26. The molecule has 0 aromatic rings. The first-order valence-electron chi connectivity index (χ1n) is 3.59. The molecule has 1 unspecified atom stereocenters. The molecule has 1 atom stereocenters. The smallest absolute Gasteiger partial charge is 0.125 e. The molecule has 58 valence electrons. The number of rotatable bonds is 2. The molecule has 0 amide bonds. The van der Waals surface area contributed by atoms with E-state index in [4.69, 9.17) is 4.84 Å². The maximum absolute atomic E-state index is 4.70. The van der Waals surface area contributed by atoms with Gasteiger partial charge in [-0.3, -0.25) is 0 Å². The van der Waals surface area contributed by atoms with E-state index >= 15 is 0 Å². The molecule has 0 aromatic carbocycles. The lowest BCUT2D eigenvalue weighted by atomic mass is 10.1. The zero-order chi connectivity index (χ0) is 7.40. The zero-order valence-electron chi connectivity index (χ0n) is 6.34. The van der Waals surface area contributed by atoms with Gasteiger partial charge in [0.2, 0.25) is 0 Å². The molecule has 4 nitrogen and oxygen atoms in total. The predicted octanol–water partition coefficient (Wildman–Crippen LogP) is -2.58. The van der Waals surface area contributed by atoms with Crippen molar-refractivity contribution >= 4 is 5.71 Å². The summed E-state index contributed by atoms with van der Waals surface area (Å²) in [6, 6.07) is 0. The Balaban J connectivity index is 2.49. The molecule has 0 saturated carbocycles. The minimum atomic E-state index is 0.542. The van der Waals surface area contributed by atoms with Gasteiger partial charge in [0, 0.05) is 0 Å². The van der Waals surface area contributed by atoms with Crippen LogP contribution in [0.25, 0.3) is 0 Å². The van der Waals surface area contributed by atoms with Gasteiger partial charge in [-0.15, -0.1) is 0 Å². The lowest BCUT2D eigenvalue weighted by Crippen LogP contribution is -2.82. The molecular formula is C6H15N3O+2. The first-order valence-corrected chi connectivity index (χ1v) is 3.59. The zero-order valence-corrected chi connectivity index (χ0v) is 6.34. The highest BCUT2D eigenvalue weighted by Crippen LogP contribution is 1.97. The van der Waals surface area contributed by atoms with Gasteiger partial charge in [-0.05, 0) is 0 Å². The standard InChI is InChI=1S/C6H13N3O/c1-10-9-6-4-8-3-5(6)2-7/h5,8H,2-4,7H2,1H3/p+2/b9-6-. The monoisotopic (exact) mass is 145 g/mol. The van der Waals surface area contributed by atoms with Crippen LogP contribution in [0.15, 0.2) is 5.16 Å². The van der Waals surface area contributed by atoms with Crippen LogP contribution >= 0.6 is 0 Å². The third-order valence-corrected chi connectivity index (χ3v) is 1.83. The van der Waals surface area contributed by atoms with Crippen LogP contribution in [0.1, 0.15) is 0 Å². The Morgan fingerprint density at radius 1 is 1.90 bits per heavy atom. The van der Waals surface area contributed by atoms with Crippen molar-refractivity contribution in [2.75, 3.05) is 26.7 Å². The van der Waals surface area contributed by atoms with Gasteiger partial charge in [-0.1, -0.05) is 5.16 Å². The average Bonchev–Trinajstić information content (AvgIpc) is 2.36. The van der Waals surface area contributed by atoms with Crippen molar-refractivity contribution in [3.05, 3.63) is 0 Å². The van der Waals surface area contributed by atoms with Crippen molar-refractivity contribution in [2.45, 2.75) is 0 Å². The Morgan fingerprint density at radius 3 is 3.30 bits per heavy atom. The maximum atomic E-state index is 4.70. The van der Waals surface area contributed by atoms with Gasteiger partial charge in [-0.25, -0.2) is 0 Å². The molecule has 0 aromatic heterocycles. The minimum Gasteiger partial charge on any atom is -0.399 e. The van der Waals surface area contributed by atoms with E-state index in [0.29, 0.717) is 5.92 Å². The lowest BCUT2D eigenvalue weighted by molar-refractivity contribution is -0.635. The van der Waals surface area contributed by atoms with Crippen LogP contribution in [0.2, 0.25) is 0 Å². The van der Waals surface area contributed by atoms with Gasteiger partial charge in [0.15, 0.2) is 0 Å². The van der Waals surface area contributed by atoms with Gasteiger partial charge >= 0.3 is 0 Å². The van der Waals surface area contributed by atoms with Crippen LogP contribution in [-0.2, 0) is 4.84 Å². The summed E-state index contributed by atoms with van der Waals surface area (Å²) in [5.41, 5.74) is 4.99. The molecule has 10 heavy (non-hydrogen) atoms. The minimum absolute atomic E-state index is 0.542. The summed E-state index contributed by atoms with van der Waals surface area (Å²) >= 11 is 0. The molecule has 1 fully saturated rings. The molecule has 1 saturated heterocycles. The third-order valence-electron chi connectivity index (χ3n) is 1.83. The van der Waals surface area contributed by atoms with E-state index in [2.05, 4.69) is 16.2 Å². The molecule has 0 bridgehead atoms. The topological polar surface area (TPSA) is 65.8 Å². The van der Waals surface area contributed by atoms with Crippen LogP contribution in [0.5, 0.6) is 0 Å². The molecule has 1 heterocycles. The summed E-state index contributed by atoms with van der Waals surface area (Å²) in [5.74, 6) is 0.542. The molecule has 1 aliphatic heterocycles. The van der Waals surface area contributed by atoms with Crippen molar-refractivity contribution in [3.8, 4) is 0 Å². The summed E-state index contributed by atoms with van der Waals surface area (Å²) in [5, 5.41) is 6.15. The highest BCUT2D eigenvalue weighted by molar-refractivity contribution is 5.88. The van der Waals surface area contributed by atoms with E-state index in [1.54, 1.807) is 7.11 Å². The van der Waals surface area contributed by atoms with Gasteiger partial charge in [0.25, 0.3) is 0 Å². The van der Waals surface area contributed by atoms with Crippen LogP contribution in [0.3, 0.4) is 0 Å². The van der Waals surface area contributed by atoms with E-state index in [-0.39, 0.29) is 0 Å². The van der Waals surface area contributed by atoms with E-state index < -0.39 is 0 Å². The van der Waals surface area contributed by atoms with Gasteiger partial charge in [-0.2, -0.15) is 0 Å². The Labute approximate surface area is 60.4 Å². The second-order valence-electron chi connectivity index (χ2n) is 2.48. The second kappa shape index (κ2) is 3.53. The lowest BCUT2D eigenvalue weighted by Gasteiger charge is -1.98. The number of quaternary nitrogens is 2. The maximum Gasteiger partial charge on any atom is 0.125 e. The number of nitrogens with two attached hydrogens (primary N) is 1. The highest BCUT2D eigenvalue weighted by atomic mass is 16.6.